The molecule has 0 radical (unpaired) electrons. The van der Waals surface area contributed by atoms with Gasteiger partial charge in [0.05, 0.1) is 7.11 Å². The normalized spacial score (nSPS) is 18.4. The van der Waals surface area contributed by atoms with Gasteiger partial charge in [-0.05, 0) is 24.5 Å². The van der Waals surface area contributed by atoms with Crippen molar-refractivity contribution in [2.75, 3.05) is 12.0 Å². The minimum absolute atomic E-state index is 0.0555. The lowest BCUT2D eigenvalue weighted by Gasteiger charge is -2.38. The van der Waals surface area contributed by atoms with Gasteiger partial charge in [-0.1, -0.05) is 39.0 Å². The highest BCUT2D eigenvalue weighted by Crippen LogP contribution is 2.34. The summed E-state index contributed by atoms with van der Waals surface area (Å²) >= 11 is 0. The minimum atomic E-state index is -0.545. The number of fused-ring (bicyclic) bond motifs is 1. The van der Waals surface area contributed by atoms with Gasteiger partial charge in [0.2, 0.25) is 5.91 Å². The second-order valence-electron chi connectivity index (χ2n) is 6.13. The Bertz CT molecular complexity index is 531. The number of methoxy groups -OCH3 is 1. The van der Waals surface area contributed by atoms with Gasteiger partial charge in [-0.15, -0.1) is 0 Å². The smallest absolute Gasteiger partial charge is 0.328 e. The van der Waals surface area contributed by atoms with E-state index in [1.54, 1.807) is 4.90 Å². The zero-order valence-electron chi connectivity index (χ0n) is 12.5. The first-order valence-corrected chi connectivity index (χ1v) is 6.85. The van der Waals surface area contributed by atoms with E-state index in [4.69, 9.17) is 4.74 Å². The Balaban J connectivity index is 2.49. The number of carbonyl (C=O) groups is 2. The quantitative estimate of drug-likeness (QED) is 0.740. The average molecular weight is 275 g/mol. The standard InChI is InChI=1S/C16H21NO3/c1-16(2,3)15(19)17-12-8-6-5-7-11(12)9-10-13(17)14(18)20-4/h5-8,13H,9-10H2,1-4H3/t13-/m1/s1. The predicted octanol–water partition coefficient (Wildman–Crippen LogP) is 2.55. The Morgan fingerprint density at radius 2 is 1.90 bits per heavy atom. The van der Waals surface area contributed by atoms with Crippen molar-refractivity contribution in [2.24, 2.45) is 5.41 Å². The molecular weight excluding hydrogens is 254 g/mol. The molecule has 0 aromatic heterocycles. The number of rotatable bonds is 1. The molecule has 1 atom stereocenters. The number of nitrogens with zero attached hydrogens (tertiary/aromatic N) is 1. The van der Waals surface area contributed by atoms with Crippen molar-refractivity contribution in [2.45, 2.75) is 39.7 Å². The van der Waals surface area contributed by atoms with Crippen LogP contribution in [0, 0.1) is 5.41 Å². The van der Waals surface area contributed by atoms with E-state index in [2.05, 4.69) is 0 Å². The second kappa shape index (κ2) is 5.27. The van der Waals surface area contributed by atoms with E-state index in [0.717, 1.165) is 17.7 Å². The molecule has 1 heterocycles. The van der Waals surface area contributed by atoms with Crippen LogP contribution in [0.4, 0.5) is 5.69 Å². The summed E-state index contributed by atoms with van der Waals surface area (Å²) < 4.78 is 4.86. The first kappa shape index (κ1) is 14.6. The number of para-hydroxylation sites is 1. The Hall–Kier alpha value is -1.84. The predicted molar refractivity (Wildman–Crippen MR) is 77.5 cm³/mol. The van der Waals surface area contributed by atoms with Gasteiger partial charge in [0.15, 0.2) is 0 Å². The Labute approximate surface area is 119 Å². The van der Waals surface area contributed by atoms with Crippen molar-refractivity contribution in [3.8, 4) is 0 Å². The Kier molecular flexibility index (Phi) is 3.84. The molecule has 1 aromatic carbocycles. The molecular formula is C16H21NO3. The third kappa shape index (κ3) is 2.55. The van der Waals surface area contributed by atoms with Gasteiger partial charge in [-0.2, -0.15) is 0 Å². The number of hydrogen-bond donors (Lipinski definition) is 0. The molecule has 4 heteroatoms. The van der Waals surface area contributed by atoms with E-state index in [0.29, 0.717) is 6.42 Å². The maximum atomic E-state index is 12.7. The third-order valence-electron chi connectivity index (χ3n) is 3.58. The van der Waals surface area contributed by atoms with Crippen LogP contribution < -0.4 is 4.90 Å². The monoisotopic (exact) mass is 275 g/mol. The lowest BCUT2D eigenvalue weighted by atomic mass is 9.89. The molecule has 20 heavy (non-hydrogen) atoms. The zero-order chi connectivity index (χ0) is 14.9. The van der Waals surface area contributed by atoms with Crippen LogP contribution in [-0.4, -0.2) is 25.0 Å². The van der Waals surface area contributed by atoms with Crippen LogP contribution in [0.3, 0.4) is 0 Å². The fraction of sp³-hybridized carbons (Fsp3) is 0.500. The Morgan fingerprint density at radius 1 is 1.25 bits per heavy atom. The molecule has 0 aliphatic carbocycles. The van der Waals surface area contributed by atoms with Crippen LogP contribution in [0.2, 0.25) is 0 Å². The molecule has 2 rings (SSSR count). The lowest BCUT2D eigenvalue weighted by molar-refractivity contribution is -0.144. The van der Waals surface area contributed by atoms with Crippen molar-refractivity contribution in [1.82, 2.24) is 0 Å². The molecule has 0 saturated heterocycles. The highest BCUT2D eigenvalue weighted by atomic mass is 16.5. The number of esters is 1. The Morgan fingerprint density at radius 3 is 2.50 bits per heavy atom. The van der Waals surface area contributed by atoms with Crippen molar-refractivity contribution in [3.63, 3.8) is 0 Å². The van der Waals surface area contributed by atoms with Crippen LogP contribution >= 0.6 is 0 Å². The summed E-state index contributed by atoms with van der Waals surface area (Å²) in [7, 11) is 1.36. The molecule has 1 aliphatic rings. The van der Waals surface area contributed by atoms with Gasteiger partial charge in [0.25, 0.3) is 0 Å². The molecule has 0 N–H and O–H groups in total. The van der Waals surface area contributed by atoms with Crippen LogP contribution in [0.1, 0.15) is 32.8 Å². The van der Waals surface area contributed by atoms with Gasteiger partial charge in [-0.3, -0.25) is 9.69 Å². The molecule has 0 saturated carbocycles. The minimum Gasteiger partial charge on any atom is -0.467 e. The largest absolute Gasteiger partial charge is 0.467 e. The number of aryl methyl sites for hydroxylation is 1. The van der Waals surface area contributed by atoms with Gasteiger partial charge in [0.1, 0.15) is 6.04 Å². The number of hydrogen-bond acceptors (Lipinski definition) is 3. The van der Waals surface area contributed by atoms with Crippen molar-refractivity contribution < 1.29 is 14.3 Å². The lowest BCUT2D eigenvalue weighted by Crippen LogP contribution is -2.52. The summed E-state index contributed by atoms with van der Waals surface area (Å²) in [6, 6.07) is 7.22. The molecule has 1 amide bonds. The summed E-state index contributed by atoms with van der Waals surface area (Å²) in [6.07, 6.45) is 1.38. The van der Waals surface area contributed by atoms with E-state index in [9.17, 15) is 9.59 Å². The molecule has 1 aliphatic heterocycles. The fourth-order valence-corrected chi connectivity index (χ4v) is 2.52. The molecule has 0 unspecified atom stereocenters. The highest BCUT2D eigenvalue weighted by molar-refractivity contribution is 6.03. The summed E-state index contributed by atoms with van der Waals surface area (Å²) in [6.45, 7) is 5.59. The van der Waals surface area contributed by atoms with Gasteiger partial charge >= 0.3 is 5.97 Å². The number of amides is 1. The molecule has 108 valence electrons. The van der Waals surface area contributed by atoms with E-state index < -0.39 is 11.5 Å². The summed E-state index contributed by atoms with van der Waals surface area (Å²) in [4.78, 5) is 26.3. The molecule has 0 fully saturated rings. The van der Waals surface area contributed by atoms with Crippen molar-refractivity contribution in [1.29, 1.82) is 0 Å². The number of anilines is 1. The molecule has 0 bridgehead atoms. The maximum absolute atomic E-state index is 12.7. The van der Waals surface area contributed by atoms with E-state index in [1.807, 2.05) is 45.0 Å². The molecule has 0 spiro atoms. The maximum Gasteiger partial charge on any atom is 0.328 e. The third-order valence-corrected chi connectivity index (χ3v) is 3.58. The van der Waals surface area contributed by atoms with E-state index >= 15 is 0 Å². The number of carbonyl (C=O) groups excluding carboxylic acids is 2. The SMILES string of the molecule is COC(=O)[C@H]1CCc2ccccc2N1C(=O)C(C)(C)C. The number of benzene rings is 1. The summed E-state index contributed by atoms with van der Waals surface area (Å²) in [5, 5.41) is 0. The van der Waals surface area contributed by atoms with Crippen LogP contribution in [-0.2, 0) is 20.7 Å². The summed E-state index contributed by atoms with van der Waals surface area (Å²) in [5.41, 5.74) is 1.39. The van der Waals surface area contributed by atoms with Crippen molar-refractivity contribution >= 4 is 17.6 Å². The first-order valence-electron chi connectivity index (χ1n) is 6.85. The van der Waals surface area contributed by atoms with Gasteiger partial charge in [0, 0.05) is 11.1 Å². The number of ether oxygens (including phenoxy) is 1. The van der Waals surface area contributed by atoms with Crippen molar-refractivity contribution in [3.05, 3.63) is 29.8 Å². The molecule has 4 nitrogen and oxygen atoms in total. The zero-order valence-corrected chi connectivity index (χ0v) is 12.5. The van der Waals surface area contributed by atoms with Gasteiger partial charge < -0.3 is 4.74 Å². The fourth-order valence-electron chi connectivity index (χ4n) is 2.52. The van der Waals surface area contributed by atoms with Crippen LogP contribution in [0.5, 0.6) is 0 Å². The van der Waals surface area contributed by atoms with E-state index in [1.165, 1.54) is 7.11 Å². The topological polar surface area (TPSA) is 46.6 Å². The average Bonchev–Trinajstić information content (AvgIpc) is 2.43. The molecule has 1 aromatic rings. The van der Waals surface area contributed by atoms with Crippen LogP contribution in [0.25, 0.3) is 0 Å². The van der Waals surface area contributed by atoms with E-state index in [-0.39, 0.29) is 11.9 Å². The van der Waals surface area contributed by atoms with Crippen LogP contribution in [0.15, 0.2) is 24.3 Å². The highest BCUT2D eigenvalue weighted by Gasteiger charge is 2.40. The second-order valence-corrected chi connectivity index (χ2v) is 6.13. The first-order chi connectivity index (χ1) is 9.36. The summed E-state index contributed by atoms with van der Waals surface area (Å²) in [5.74, 6) is -0.405. The van der Waals surface area contributed by atoms with Gasteiger partial charge in [-0.25, -0.2) is 4.79 Å².